The highest BCUT2D eigenvalue weighted by molar-refractivity contribution is 7.92. The molecule has 0 aliphatic carbocycles. The van der Waals surface area contributed by atoms with Gasteiger partial charge in [0.2, 0.25) is 21.8 Å². The lowest BCUT2D eigenvalue weighted by atomic mass is 9.92. The summed E-state index contributed by atoms with van der Waals surface area (Å²) in [5.74, 6) is 0.648. The minimum absolute atomic E-state index is 0.0257. The normalized spacial score (nSPS) is 18.7. The molecule has 12 nitrogen and oxygen atoms in total. The number of ether oxygens (including phenoxy) is 2. The lowest BCUT2D eigenvalue weighted by Gasteiger charge is -2.37. The van der Waals surface area contributed by atoms with Gasteiger partial charge in [-0.3, -0.25) is 14.2 Å². The van der Waals surface area contributed by atoms with Gasteiger partial charge in [0, 0.05) is 56.3 Å². The summed E-state index contributed by atoms with van der Waals surface area (Å²) in [6.07, 6.45) is 2.08. The Hall–Kier alpha value is -3.66. The van der Waals surface area contributed by atoms with Gasteiger partial charge in [-0.05, 0) is 44.8 Å². The molecule has 0 radical (unpaired) electrons. The number of amides is 1. The maximum Gasteiger partial charge on any atom is 0.390 e. The summed E-state index contributed by atoms with van der Waals surface area (Å²) in [6.45, 7) is 2.52. The molecule has 0 aromatic carbocycles. The van der Waals surface area contributed by atoms with Crippen LogP contribution in [0.25, 0.3) is 22.3 Å². The van der Waals surface area contributed by atoms with Crippen LogP contribution in [-0.4, -0.2) is 103 Å². The zero-order valence-electron chi connectivity index (χ0n) is 25.5. The second kappa shape index (κ2) is 13.4. The number of fused-ring (bicyclic) bond motifs is 1. The van der Waals surface area contributed by atoms with Crippen molar-refractivity contribution in [2.75, 3.05) is 57.4 Å². The number of hydrogen-bond donors (Lipinski definition) is 1. The van der Waals surface area contributed by atoms with E-state index in [9.17, 15) is 26.4 Å². The number of anilines is 1. The van der Waals surface area contributed by atoms with Crippen LogP contribution in [0.2, 0.25) is 0 Å². The van der Waals surface area contributed by atoms with Crippen molar-refractivity contribution in [3.05, 3.63) is 24.5 Å². The van der Waals surface area contributed by atoms with Crippen LogP contribution in [0.4, 0.5) is 18.9 Å². The number of nitrogens with one attached hydrogen (secondary N) is 1. The molecule has 0 saturated carbocycles. The minimum atomic E-state index is -4.17. The molecule has 1 N–H and O–H groups in total. The number of aryl methyl sites for hydroxylation is 1. The van der Waals surface area contributed by atoms with E-state index in [4.69, 9.17) is 14.5 Å². The van der Waals surface area contributed by atoms with Gasteiger partial charge in [-0.15, -0.1) is 0 Å². The van der Waals surface area contributed by atoms with Crippen LogP contribution in [0, 0.1) is 11.8 Å². The number of halogens is 3. The molecule has 246 valence electrons. The van der Waals surface area contributed by atoms with E-state index < -0.39 is 22.6 Å². The summed E-state index contributed by atoms with van der Waals surface area (Å²) in [5.41, 5.74) is 1.77. The number of methoxy groups -OCH3 is 1. The average molecular weight is 654 g/mol. The molecule has 45 heavy (non-hydrogen) atoms. The van der Waals surface area contributed by atoms with Crippen molar-refractivity contribution in [1.29, 1.82) is 0 Å². The predicted molar refractivity (Wildman–Crippen MR) is 161 cm³/mol. The number of aromatic nitrogens is 4. The second-order valence-electron chi connectivity index (χ2n) is 11.8. The van der Waals surface area contributed by atoms with Crippen LogP contribution in [-0.2, 0) is 21.9 Å². The monoisotopic (exact) mass is 653 g/mol. The van der Waals surface area contributed by atoms with Crippen molar-refractivity contribution in [1.82, 2.24) is 29.5 Å². The Labute approximate surface area is 259 Å². The molecule has 2 fully saturated rings. The first-order valence-corrected chi connectivity index (χ1v) is 16.7. The first kappa shape index (κ1) is 32.7. The number of pyridine rings is 2. The quantitative estimate of drug-likeness (QED) is 0.348. The summed E-state index contributed by atoms with van der Waals surface area (Å²) < 4.78 is 77.2. The van der Waals surface area contributed by atoms with Gasteiger partial charge >= 0.3 is 6.18 Å². The van der Waals surface area contributed by atoms with Crippen molar-refractivity contribution < 1.29 is 35.9 Å². The molecule has 5 rings (SSSR count). The maximum atomic E-state index is 13.3. The topological polar surface area (TPSA) is 132 Å². The van der Waals surface area contributed by atoms with Crippen LogP contribution in [0.5, 0.6) is 11.6 Å². The number of hydrogen-bond acceptors (Lipinski definition) is 9. The lowest BCUT2D eigenvalue weighted by molar-refractivity contribution is -0.143. The number of nitrogens with zero attached hydrogens (tertiary/aromatic N) is 6. The van der Waals surface area contributed by atoms with Gasteiger partial charge in [0.15, 0.2) is 5.65 Å². The zero-order valence-corrected chi connectivity index (χ0v) is 26.3. The Balaban J connectivity index is 1.26. The van der Waals surface area contributed by atoms with Crippen LogP contribution in [0.15, 0.2) is 24.5 Å². The molecule has 0 spiro atoms. The lowest BCUT2D eigenvalue weighted by Crippen LogP contribution is -2.47. The Morgan fingerprint density at radius 3 is 2.58 bits per heavy atom. The first-order valence-electron chi connectivity index (χ1n) is 14.9. The molecule has 2 saturated heterocycles. The molecule has 2 aliphatic heterocycles. The van der Waals surface area contributed by atoms with E-state index in [2.05, 4.69) is 14.8 Å². The van der Waals surface area contributed by atoms with Gasteiger partial charge in [0.05, 0.1) is 43.7 Å². The van der Waals surface area contributed by atoms with Crippen molar-refractivity contribution in [2.24, 2.45) is 18.9 Å². The zero-order chi connectivity index (χ0) is 32.4. The van der Waals surface area contributed by atoms with Crippen LogP contribution in [0.3, 0.4) is 0 Å². The Morgan fingerprint density at radius 1 is 1.13 bits per heavy atom. The van der Waals surface area contributed by atoms with E-state index in [1.54, 1.807) is 35.0 Å². The minimum Gasteiger partial charge on any atom is -0.492 e. The molecule has 2 aliphatic rings. The van der Waals surface area contributed by atoms with Crippen molar-refractivity contribution >= 4 is 32.7 Å². The molecule has 5 heterocycles. The SMILES string of the molecule is COc1ncc(-c2cc(OC[C@@H]3CCCN(C(=O)C4CCN(CCC(F)(F)F)CC4)C3)c3cnn(C)c3n2)cc1NS(C)(=O)=O. The summed E-state index contributed by atoms with van der Waals surface area (Å²) in [7, 11) is -0.438. The third kappa shape index (κ3) is 8.34. The third-order valence-corrected chi connectivity index (χ3v) is 8.85. The molecule has 16 heteroatoms. The van der Waals surface area contributed by atoms with Crippen LogP contribution >= 0.6 is 0 Å². The van der Waals surface area contributed by atoms with E-state index in [0.717, 1.165) is 19.1 Å². The van der Waals surface area contributed by atoms with Gasteiger partial charge in [-0.25, -0.2) is 18.4 Å². The van der Waals surface area contributed by atoms with Crippen LogP contribution < -0.4 is 14.2 Å². The number of piperidine rings is 2. The smallest absolute Gasteiger partial charge is 0.390 e. The molecule has 3 aromatic rings. The highest BCUT2D eigenvalue weighted by atomic mass is 32.2. The predicted octanol–water partition coefficient (Wildman–Crippen LogP) is 3.69. The standard InChI is InChI=1S/C29H38F3N7O5S/c1-37-26-22(16-34-37)25(14-23(35-26)21-13-24(36-45(3,41)42)27(43-2)33-15-21)44-18-19-5-4-9-39(17-19)28(40)20-6-10-38(11-7-20)12-8-29(30,31)32/h13-16,19-20,36H,4-12,17-18H2,1-3H3/t19-/m1/s1. The maximum absolute atomic E-state index is 13.3. The number of sulfonamides is 1. The fraction of sp³-hybridized carbons (Fsp3) is 0.586. The van der Waals surface area contributed by atoms with Gasteiger partial charge in [0.25, 0.3) is 0 Å². The van der Waals surface area contributed by atoms with E-state index in [-0.39, 0.29) is 35.9 Å². The number of alkyl halides is 3. The number of carbonyl (C=O) groups excluding carboxylic acids is 1. The van der Waals surface area contributed by atoms with Gasteiger partial charge in [-0.2, -0.15) is 18.3 Å². The first-order chi connectivity index (χ1) is 21.3. The van der Waals surface area contributed by atoms with Gasteiger partial charge in [-0.1, -0.05) is 0 Å². The molecule has 1 amide bonds. The van der Waals surface area contributed by atoms with E-state index >= 15 is 0 Å². The summed E-state index contributed by atoms with van der Waals surface area (Å²) in [6, 6.07) is 3.35. The van der Waals surface area contributed by atoms with E-state index in [1.165, 1.54) is 13.3 Å². The largest absolute Gasteiger partial charge is 0.492 e. The van der Waals surface area contributed by atoms with Gasteiger partial charge < -0.3 is 19.3 Å². The van der Waals surface area contributed by atoms with E-state index in [0.29, 0.717) is 73.7 Å². The number of likely N-dealkylation sites (tertiary alicyclic amines) is 2. The average Bonchev–Trinajstić information content (AvgIpc) is 3.38. The molecular formula is C29H38F3N7O5S. The fourth-order valence-electron chi connectivity index (χ4n) is 5.94. The number of carbonyl (C=O) groups is 1. The van der Waals surface area contributed by atoms with Crippen molar-refractivity contribution in [2.45, 2.75) is 38.3 Å². The number of rotatable bonds is 10. The van der Waals surface area contributed by atoms with Crippen LogP contribution in [0.1, 0.15) is 32.1 Å². The van der Waals surface area contributed by atoms with Crippen molar-refractivity contribution in [3.63, 3.8) is 0 Å². The Bertz CT molecular complexity index is 1620. The molecule has 1 atom stereocenters. The Kier molecular flexibility index (Phi) is 9.72. The van der Waals surface area contributed by atoms with Crippen molar-refractivity contribution in [3.8, 4) is 22.9 Å². The highest BCUT2D eigenvalue weighted by Crippen LogP contribution is 2.34. The molecular weight excluding hydrogens is 615 g/mol. The fourth-order valence-corrected chi connectivity index (χ4v) is 6.48. The molecule has 0 unspecified atom stereocenters. The summed E-state index contributed by atoms with van der Waals surface area (Å²) in [4.78, 5) is 26.0. The molecule has 3 aromatic heterocycles. The van der Waals surface area contributed by atoms with E-state index in [1.807, 2.05) is 4.90 Å². The third-order valence-electron chi connectivity index (χ3n) is 8.26. The van der Waals surface area contributed by atoms with Gasteiger partial charge in [0.1, 0.15) is 11.4 Å². The Morgan fingerprint density at radius 2 is 1.89 bits per heavy atom. The summed E-state index contributed by atoms with van der Waals surface area (Å²) in [5, 5.41) is 5.04. The highest BCUT2D eigenvalue weighted by Gasteiger charge is 2.33. The summed E-state index contributed by atoms with van der Waals surface area (Å²) >= 11 is 0. The second-order valence-corrected chi connectivity index (χ2v) is 13.5. The molecule has 0 bridgehead atoms.